The van der Waals surface area contributed by atoms with Crippen LogP contribution in [0.3, 0.4) is 0 Å². The third-order valence-corrected chi connectivity index (χ3v) is 7.46. The molecule has 0 fully saturated rings. The molecule has 0 amide bonds. The van der Waals surface area contributed by atoms with Gasteiger partial charge in [0.15, 0.2) is 16.3 Å². The third kappa shape index (κ3) is 4.85. The number of esters is 1. The standard InChI is InChI=1S/C27H28N2O5S2/c1-15(2)34-26(31)22-16(3)28-27-29(23(22)17-10-12-19(35-6)13-11-17)25(30)21(36-27)14-18-8-7-9-20(32-4)24(18)33-5/h7-15,23H,1-6H3. The Hall–Kier alpha value is -3.30. The van der Waals surface area contributed by atoms with Crippen LogP contribution in [0, 0.1) is 0 Å². The lowest BCUT2D eigenvalue weighted by Gasteiger charge is -2.25. The first-order valence-electron chi connectivity index (χ1n) is 11.4. The highest BCUT2D eigenvalue weighted by Gasteiger charge is 2.33. The molecule has 1 atom stereocenters. The van der Waals surface area contributed by atoms with Gasteiger partial charge >= 0.3 is 5.97 Å². The van der Waals surface area contributed by atoms with Gasteiger partial charge in [-0.2, -0.15) is 0 Å². The Labute approximate surface area is 217 Å². The van der Waals surface area contributed by atoms with Crippen LogP contribution >= 0.6 is 23.1 Å². The predicted octanol–water partition coefficient (Wildman–Crippen LogP) is 3.93. The normalized spacial score (nSPS) is 15.5. The van der Waals surface area contributed by atoms with E-state index >= 15 is 0 Å². The second-order valence-electron chi connectivity index (χ2n) is 8.39. The summed E-state index contributed by atoms with van der Waals surface area (Å²) in [5.41, 5.74) is 2.16. The Bertz CT molecular complexity index is 1500. The van der Waals surface area contributed by atoms with Crippen LogP contribution in [-0.2, 0) is 9.53 Å². The average Bonchev–Trinajstić information content (AvgIpc) is 3.16. The summed E-state index contributed by atoms with van der Waals surface area (Å²) in [4.78, 5) is 33.3. The van der Waals surface area contributed by atoms with E-state index in [9.17, 15) is 9.59 Å². The van der Waals surface area contributed by atoms with Crippen LogP contribution in [0.1, 0.15) is 37.9 Å². The molecule has 0 saturated heterocycles. The van der Waals surface area contributed by atoms with Gasteiger partial charge in [0.2, 0.25) is 0 Å². The molecule has 2 heterocycles. The molecule has 9 heteroatoms. The lowest BCUT2D eigenvalue weighted by Crippen LogP contribution is -2.40. The Morgan fingerprint density at radius 1 is 1.14 bits per heavy atom. The Kier molecular flexibility index (Phi) is 7.70. The van der Waals surface area contributed by atoms with Crippen molar-refractivity contribution in [3.05, 3.63) is 84.5 Å². The average molecular weight is 525 g/mol. The van der Waals surface area contributed by atoms with Gasteiger partial charge in [-0.25, -0.2) is 9.79 Å². The molecular formula is C27H28N2O5S2. The molecule has 36 heavy (non-hydrogen) atoms. The molecule has 1 aliphatic rings. The number of fused-ring (bicyclic) bond motifs is 1. The topological polar surface area (TPSA) is 79.1 Å². The molecule has 0 spiro atoms. The number of ether oxygens (including phenoxy) is 3. The summed E-state index contributed by atoms with van der Waals surface area (Å²) >= 11 is 2.89. The van der Waals surface area contributed by atoms with E-state index in [2.05, 4.69) is 4.99 Å². The SMILES string of the molecule is COc1cccc(C=c2sc3n(c2=O)C(c2ccc(SC)cc2)C(C(=O)OC(C)C)=C(C)N=3)c1OC. The van der Waals surface area contributed by atoms with Gasteiger partial charge < -0.3 is 14.2 Å². The van der Waals surface area contributed by atoms with E-state index in [1.54, 1.807) is 63.5 Å². The van der Waals surface area contributed by atoms with Crippen LogP contribution in [0.2, 0.25) is 0 Å². The fraction of sp³-hybridized carbons (Fsp3) is 0.296. The minimum atomic E-state index is -0.655. The van der Waals surface area contributed by atoms with Gasteiger partial charge in [0.1, 0.15) is 0 Å². The molecule has 0 bridgehead atoms. The molecule has 0 aliphatic carbocycles. The van der Waals surface area contributed by atoms with Crippen LogP contribution in [0.15, 0.2) is 68.4 Å². The first-order chi connectivity index (χ1) is 17.3. The molecule has 2 aromatic carbocycles. The summed E-state index contributed by atoms with van der Waals surface area (Å²) in [6, 6.07) is 12.7. The minimum Gasteiger partial charge on any atom is -0.493 e. The van der Waals surface area contributed by atoms with Crippen molar-refractivity contribution in [2.24, 2.45) is 4.99 Å². The number of thiazole rings is 1. The van der Waals surface area contributed by atoms with Gasteiger partial charge in [0.05, 0.1) is 42.2 Å². The molecule has 0 radical (unpaired) electrons. The maximum atomic E-state index is 13.8. The molecular weight excluding hydrogens is 496 g/mol. The zero-order valence-electron chi connectivity index (χ0n) is 21.0. The van der Waals surface area contributed by atoms with Crippen molar-refractivity contribution in [2.75, 3.05) is 20.5 Å². The summed E-state index contributed by atoms with van der Waals surface area (Å²) in [5.74, 6) is 0.627. The number of nitrogens with zero attached hydrogens (tertiary/aromatic N) is 2. The summed E-state index contributed by atoms with van der Waals surface area (Å²) in [7, 11) is 3.13. The number of rotatable bonds is 7. The first kappa shape index (κ1) is 25.8. The van der Waals surface area contributed by atoms with Gasteiger partial charge in [0, 0.05) is 10.5 Å². The van der Waals surface area contributed by atoms with E-state index in [0.29, 0.717) is 37.7 Å². The van der Waals surface area contributed by atoms with Gasteiger partial charge in [0.25, 0.3) is 5.56 Å². The highest BCUT2D eigenvalue weighted by molar-refractivity contribution is 7.98. The number of carbonyl (C=O) groups is 1. The number of hydrogen-bond acceptors (Lipinski definition) is 8. The van der Waals surface area contributed by atoms with Crippen molar-refractivity contribution in [3.8, 4) is 11.5 Å². The van der Waals surface area contributed by atoms with E-state index in [1.807, 2.05) is 42.7 Å². The highest BCUT2D eigenvalue weighted by atomic mass is 32.2. The molecule has 188 valence electrons. The molecule has 0 saturated carbocycles. The minimum absolute atomic E-state index is 0.245. The number of para-hydroxylation sites is 1. The number of benzene rings is 2. The van der Waals surface area contributed by atoms with Gasteiger partial charge in [-0.05, 0) is 56.9 Å². The zero-order chi connectivity index (χ0) is 26.0. The zero-order valence-corrected chi connectivity index (χ0v) is 22.7. The Morgan fingerprint density at radius 2 is 1.86 bits per heavy atom. The fourth-order valence-electron chi connectivity index (χ4n) is 4.13. The number of aromatic nitrogens is 1. The molecule has 3 aromatic rings. The summed E-state index contributed by atoms with van der Waals surface area (Å²) < 4.78 is 18.6. The first-order valence-corrected chi connectivity index (χ1v) is 13.4. The van der Waals surface area contributed by atoms with Crippen LogP contribution in [0.25, 0.3) is 6.08 Å². The van der Waals surface area contributed by atoms with Crippen molar-refractivity contribution in [3.63, 3.8) is 0 Å². The van der Waals surface area contributed by atoms with Crippen molar-refractivity contribution < 1.29 is 19.0 Å². The monoisotopic (exact) mass is 524 g/mol. The van der Waals surface area contributed by atoms with E-state index < -0.39 is 12.0 Å². The third-order valence-electron chi connectivity index (χ3n) is 5.74. The maximum Gasteiger partial charge on any atom is 0.338 e. The van der Waals surface area contributed by atoms with Crippen molar-refractivity contribution >= 4 is 35.1 Å². The Morgan fingerprint density at radius 3 is 2.47 bits per heavy atom. The predicted molar refractivity (Wildman–Crippen MR) is 143 cm³/mol. The lowest BCUT2D eigenvalue weighted by atomic mass is 9.96. The van der Waals surface area contributed by atoms with Crippen molar-refractivity contribution in [2.45, 2.75) is 37.8 Å². The Balaban J connectivity index is 1.95. The molecule has 0 N–H and O–H groups in total. The fourth-order valence-corrected chi connectivity index (χ4v) is 5.57. The number of carbonyl (C=O) groups excluding carboxylic acids is 1. The lowest BCUT2D eigenvalue weighted by molar-refractivity contribution is -0.143. The summed E-state index contributed by atoms with van der Waals surface area (Å²) in [6.07, 6.45) is 3.47. The molecule has 1 unspecified atom stereocenters. The number of allylic oxidation sites excluding steroid dienone is 1. The summed E-state index contributed by atoms with van der Waals surface area (Å²) in [6.45, 7) is 5.38. The summed E-state index contributed by atoms with van der Waals surface area (Å²) in [5, 5.41) is 0. The van der Waals surface area contributed by atoms with Crippen LogP contribution in [0.4, 0.5) is 0 Å². The second-order valence-corrected chi connectivity index (χ2v) is 10.3. The molecule has 1 aliphatic heterocycles. The van der Waals surface area contributed by atoms with Gasteiger partial charge in [-0.1, -0.05) is 35.6 Å². The second kappa shape index (κ2) is 10.8. The molecule has 4 rings (SSSR count). The molecule has 1 aromatic heterocycles. The van der Waals surface area contributed by atoms with E-state index in [0.717, 1.165) is 10.5 Å². The quantitative estimate of drug-likeness (QED) is 0.344. The van der Waals surface area contributed by atoms with Crippen LogP contribution in [-0.4, -0.2) is 37.1 Å². The highest BCUT2D eigenvalue weighted by Crippen LogP contribution is 2.33. The van der Waals surface area contributed by atoms with E-state index in [-0.39, 0.29) is 11.7 Å². The number of methoxy groups -OCH3 is 2. The van der Waals surface area contributed by atoms with Gasteiger partial charge in [-0.3, -0.25) is 9.36 Å². The van der Waals surface area contributed by atoms with E-state index in [1.165, 1.54) is 11.3 Å². The van der Waals surface area contributed by atoms with E-state index in [4.69, 9.17) is 14.2 Å². The van der Waals surface area contributed by atoms with Gasteiger partial charge in [-0.15, -0.1) is 11.8 Å². The van der Waals surface area contributed by atoms with Crippen molar-refractivity contribution in [1.29, 1.82) is 0 Å². The van der Waals surface area contributed by atoms with Crippen LogP contribution in [0.5, 0.6) is 11.5 Å². The maximum absolute atomic E-state index is 13.8. The smallest absolute Gasteiger partial charge is 0.338 e. The molecule has 7 nitrogen and oxygen atoms in total. The van der Waals surface area contributed by atoms with Crippen molar-refractivity contribution in [1.82, 2.24) is 4.57 Å². The van der Waals surface area contributed by atoms with Crippen LogP contribution < -0.4 is 24.4 Å². The number of hydrogen-bond donors (Lipinski definition) is 0. The number of thioether (sulfide) groups is 1. The largest absolute Gasteiger partial charge is 0.493 e.